The summed E-state index contributed by atoms with van der Waals surface area (Å²) in [5.74, 6) is 0.302. The summed E-state index contributed by atoms with van der Waals surface area (Å²) in [5.41, 5.74) is 7.08. The molecule has 0 unspecified atom stereocenters. The molecule has 0 spiro atoms. The van der Waals surface area contributed by atoms with E-state index in [4.69, 9.17) is 9.97 Å². The van der Waals surface area contributed by atoms with Crippen LogP contribution in [-0.2, 0) is 38.1 Å². The van der Waals surface area contributed by atoms with E-state index in [9.17, 15) is 18.3 Å². The Morgan fingerprint density at radius 1 is 0.627 bits per heavy atom. The van der Waals surface area contributed by atoms with E-state index >= 15 is 0 Å². The topological polar surface area (TPSA) is 50.9 Å². The van der Waals surface area contributed by atoms with Crippen molar-refractivity contribution in [3.8, 4) is 45.1 Å². The number of halogens is 3. The molecule has 0 aliphatic rings. The van der Waals surface area contributed by atoms with Gasteiger partial charge < -0.3 is 9.67 Å². The maximum Gasteiger partial charge on any atom is 0.416 e. The molecule has 0 atom stereocenters. The number of phenolic OH excluding ortho intramolecular Hbond substituents is 1. The summed E-state index contributed by atoms with van der Waals surface area (Å²) in [6.07, 6.45) is -2.79. The molecule has 4 nitrogen and oxygen atoms in total. The van der Waals surface area contributed by atoms with Crippen molar-refractivity contribution in [2.45, 2.75) is 58.5 Å². The second-order valence-electron chi connectivity index (χ2n) is 14.8. The van der Waals surface area contributed by atoms with Crippen LogP contribution in [0.5, 0.6) is 5.75 Å². The van der Waals surface area contributed by atoms with Crippen LogP contribution in [0.15, 0.2) is 109 Å². The minimum Gasteiger partial charge on any atom is -0.507 e. The van der Waals surface area contributed by atoms with E-state index in [1.54, 1.807) is 18.3 Å². The van der Waals surface area contributed by atoms with Crippen molar-refractivity contribution < 1.29 is 39.3 Å². The number of nitrogens with zero attached hydrogens (tertiary/aromatic N) is 3. The zero-order valence-corrected chi connectivity index (χ0v) is 31.4. The minimum absolute atomic E-state index is 0. The van der Waals surface area contributed by atoms with Gasteiger partial charge in [-0.15, -0.1) is 29.8 Å². The van der Waals surface area contributed by atoms with Crippen LogP contribution in [0.1, 0.15) is 58.2 Å². The van der Waals surface area contributed by atoms with Crippen molar-refractivity contribution in [1.29, 1.82) is 0 Å². The van der Waals surface area contributed by atoms with Crippen LogP contribution in [-0.4, -0.2) is 19.6 Å². The fourth-order valence-electron chi connectivity index (χ4n) is 6.38. The minimum atomic E-state index is -4.58. The van der Waals surface area contributed by atoms with E-state index in [1.807, 2.05) is 47.0 Å². The molecule has 1 N–H and O–H groups in total. The summed E-state index contributed by atoms with van der Waals surface area (Å²) in [6, 6.07) is 34.5. The van der Waals surface area contributed by atoms with Crippen LogP contribution in [0.3, 0.4) is 0 Å². The van der Waals surface area contributed by atoms with Crippen molar-refractivity contribution in [3.05, 3.63) is 132 Å². The van der Waals surface area contributed by atoms with Crippen LogP contribution in [0.25, 0.3) is 61.3 Å². The van der Waals surface area contributed by atoms with Gasteiger partial charge in [-0.3, -0.25) is 9.97 Å². The standard InChI is InChI=1S/C43H37F3N3O.Pt/c1-41(2,3)29-15-18-32(19-16-29)49-36-14-8-13-33(35-24-30(43(44,45)46)17-20-37(35)50)39(36)48-40(49)28-11-7-10-26(22-28)34-25-31(42(4,5)6)23-27-12-9-21-47-38(27)34;/h7-21,23-25,50H,1-6H3;/q-1;. The normalized spacial score (nSPS) is 12.3. The number of pyridine rings is 1. The molecule has 0 aliphatic carbocycles. The summed E-state index contributed by atoms with van der Waals surface area (Å²) < 4.78 is 43.4. The molecular weight excluding hydrogens is 827 g/mol. The maximum absolute atomic E-state index is 13.8. The third-order valence-electron chi connectivity index (χ3n) is 9.19. The molecule has 0 radical (unpaired) electrons. The zero-order valence-electron chi connectivity index (χ0n) is 29.1. The Labute approximate surface area is 310 Å². The molecule has 0 saturated heterocycles. The number of alkyl halides is 3. The van der Waals surface area contributed by atoms with Gasteiger partial charge in [0.25, 0.3) is 0 Å². The molecule has 5 aromatic carbocycles. The van der Waals surface area contributed by atoms with Gasteiger partial charge in [-0.2, -0.15) is 13.2 Å². The Morgan fingerprint density at radius 2 is 1.27 bits per heavy atom. The third kappa shape index (κ3) is 6.84. The predicted octanol–water partition coefficient (Wildman–Crippen LogP) is 11.7. The molecule has 262 valence electrons. The first-order valence-electron chi connectivity index (χ1n) is 16.5. The van der Waals surface area contributed by atoms with E-state index in [0.29, 0.717) is 28.0 Å². The van der Waals surface area contributed by atoms with Crippen LogP contribution in [0.4, 0.5) is 13.2 Å². The second kappa shape index (κ2) is 13.1. The fourth-order valence-corrected chi connectivity index (χ4v) is 6.38. The van der Waals surface area contributed by atoms with Crippen molar-refractivity contribution >= 4 is 21.9 Å². The summed E-state index contributed by atoms with van der Waals surface area (Å²) >= 11 is 0. The average molecular weight is 864 g/mol. The first-order valence-corrected chi connectivity index (χ1v) is 16.5. The van der Waals surface area contributed by atoms with Crippen LogP contribution in [0.2, 0.25) is 0 Å². The second-order valence-corrected chi connectivity index (χ2v) is 14.8. The number of aromatic hydroxyl groups is 1. The van der Waals surface area contributed by atoms with Gasteiger partial charge in [0.2, 0.25) is 0 Å². The molecule has 2 aromatic heterocycles. The smallest absolute Gasteiger partial charge is 0.416 e. The third-order valence-corrected chi connectivity index (χ3v) is 9.19. The Hall–Kier alpha value is -4.74. The van der Waals surface area contributed by atoms with E-state index in [1.165, 1.54) is 5.56 Å². The molecule has 8 heteroatoms. The summed E-state index contributed by atoms with van der Waals surface area (Å²) in [6.45, 7) is 13.0. The maximum atomic E-state index is 13.8. The van der Waals surface area contributed by atoms with Gasteiger partial charge in [0.15, 0.2) is 0 Å². The SMILES string of the molecule is CC(C)(C)c1ccc(-n2c(-c3[c-]c(-c4cc(C(C)(C)C)cc5cccnc45)ccc3)nc3c(-c4cc(C(F)(F)F)ccc4O)cccc32)cc1.[Pt]. The Bertz CT molecular complexity index is 2400. The number of para-hydroxylation sites is 1. The Balaban J connectivity index is 0.00000448. The van der Waals surface area contributed by atoms with Gasteiger partial charge in [-0.1, -0.05) is 95.1 Å². The van der Waals surface area contributed by atoms with Crippen molar-refractivity contribution in [3.63, 3.8) is 0 Å². The van der Waals surface area contributed by atoms with E-state index in [2.05, 4.69) is 77.9 Å². The van der Waals surface area contributed by atoms with E-state index in [-0.39, 0.29) is 43.2 Å². The predicted molar refractivity (Wildman–Crippen MR) is 196 cm³/mol. The molecule has 0 amide bonds. The number of aromatic nitrogens is 3. The molecule has 51 heavy (non-hydrogen) atoms. The Morgan fingerprint density at radius 3 is 1.96 bits per heavy atom. The molecule has 7 aromatic rings. The molecule has 0 aliphatic heterocycles. The summed E-state index contributed by atoms with van der Waals surface area (Å²) in [4.78, 5) is 9.86. The van der Waals surface area contributed by atoms with Crippen LogP contribution >= 0.6 is 0 Å². The van der Waals surface area contributed by atoms with Gasteiger partial charge in [0, 0.05) is 49.6 Å². The van der Waals surface area contributed by atoms with Crippen molar-refractivity contribution in [2.75, 3.05) is 0 Å². The molecule has 0 saturated carbocycles. The van der Waals surface area contributed by atoms with Crippen molar-refractivity contribution in [1.82, 2.24) is 14.5 Å². The zero-order chi connectivity index (χ0) is 35.6. The summed E-state index contributed by atoms with van der Waals surface area (Å²) in [5, 5.41) is 11.9. The molecule has 7 rings (SSSR count). The first kappa shape index (κ1) is 36.1. The van der Waals surface area contributed by atoms with E-state index < -0.39 is 11.7 Å². The molecular formula is C43H37F3N3OPt-. The number of hydrogen-bond acceptors (Lipinski definition) is 3. The fraction of sp³-hybridized carbons (Fsp3) is 0.209. The molecule has 2 heterocycles. The van der Waals surface area contributed by atoms with Gasteiger partial charge in [0.1, 0.15) is 5.75 Å². The largest absolute Gasteiger partial charge is 0.507 e. The van der Waals surface area contributed by atoms with Crippen LogP contribution < -0.4 is 0 Å². The van der Waals surface area contributed by atoms with Gasteiger partial charge in [-0.05, 0) is 69.8 Å². The number of hydrogen-bond donors (Lipinski definition) is 1. The first-order chi connectivity index (χ1) is 23.6. The van der Waals surface area contributed by atoms with Gasteiger partial charge in [0.05, 0.1) is 22.4 Å². The quantitative estimate of drug-likeness (QED) is 0.179. The summed E-state index contributed by atoms with van der Waals surface area (Å²) in [7, 11) is 0. The van der Waals surface area contributed by atoms with Gasteiger partial charge >= 0.3 is 6.18 Å². The van der Waals surface area contributed by atoms with E-state index in [0.717, 1.165) is 51.5 Å². The van der Waals surface area contributed by atoms with Crippen LogP contribution in [0, 0.1) is 6.07 Å². The monoisotopic (exact) mass is 863 g/mol. The van der Waals surface area contributed by atoms with Crippen molar-refractivity contribution in [2.24, 2.45) is 0 Å². The number of phenols is 1. The van der Waals surface area contributed by atoms with Gasteiger partial charge in [-0.25, -0.2) is 0 Å². The number of fused-ring (bicyclic) bond motifs is 2. The number of imidazole rings is 1. The molecule has 0 fully saturated rings. The average Bonchev–Trinajstić information content (AvgIpc) is 3.47. The number of rotatable bonds is 4. The Kier molecular flexibility index (Phi) is 9.26. The molecule has 0 bridgehead atoms. The number of benzene rings is 5.